The van der Waals surface area contributed by atoms with E-state index in [0.29, 0.717) is 6.61 Å². The SMILES string of the molecule is CCOC(C)=O.O.[CaH2]. The molecule has 4 heteroatoms. The summed E-state index contributed by atoms with van der Waals surface area (Å²) in [4.78, 5) is 9.82. The molecule has 2 N–H and O–H groups in total. The normalized spacial score (nSPS) is 5.75. The first kappa shape index (κ1) is 15.9. The summed E-state index contributed by atoms with van der Waals surface area (Å²) in [6, 6.07) is 0. The molecule has 0 amide bonds. The summed E-state index contributed by atoms with van der Waals surface area (Å²) < 4.78 is 4.40. The van der Waals surface area contributed by atoms with Gasteiger partial charge in [0.2, 0.25) is 0 Å². The Labute approximate surface area is 78.7 Å². The zero-order valence-electron chi connectivity index (χ0n) is 4.52. The summed E-state index contributed by atoms with van der Waals surface area (Å²) in [6.07, 6.45) is 0. The van der Waals surface area contributed by atoms with E-state index in [0.717, 1.165) is 0 Å². The average molecular weight is 148 g/mol. The molecule has 0 aromatic heterocycles. The van der Waals surface area contributed by atoms with E-state index >= 15 is 0 Å². The van der Waals surface area contributed by atoms with Crippen LogP contribution in [0.25, 0.3) is 0 Å². The van der Waals surface area contributed by atoms with Crippen molar-refractivity contribution in [3.63, 3.8) is 0 Å². The fourth-order valence-corrected chi connectivity index (χ4v) is 0.203. The molecule has 0 saturated heterocycles. The zero-order chi connectivity index (χ0) is 4.99. The van der Waals surface area contributed by atoms with Crippen LogP contribution in [0.4, 0.5) is 0 Å². The van der Waals surface area contributed by atoms with E-state index < -0.39 is 0 Å². The van der Waals surface area contributed by atoms with Crippen LogP contribution in [-0.4, -0.2) is 55.8 Å². The molecule has 0 heterocycles. The Morgan fingerprint density at radius 2 is 2.00 bits per heavy atom. The van der Waals surface area contributed by atoms with Gasteiger partial charge in [-0.1, -0.05) is 0 Å². The van der Waals surface area contributed by atoms with Gasteiger partial charge in [0, 0.05) is 6.92 Å². The van der Waals surface area contributed by atoms with E-state index in [-0.39, 0.29) is 49.2 Å². The molecule has 0 saturated carbocycles. The number of ether oxygens (including phenoxy) is 1. The summed E-state index contributed by atoms with van der Waals surface area (Å²) in [5.74, 6) is -0.211. The average Bonchev–Trinajstić information content (AvgIpc) is 1.35. The first-order chi connectivity index (χ1) is 2.77. The first-order valence-electron chi connectivity index (χ1n) is 1.90. The Morgan fingerprint density at radius 3 is 2.00 bits per heavy atom. The van der Waals surface area contributed by atoms with Crippen LogP contribution in [0.1, 0.15) is 13.8 Å². The monoisotopic (exact) mass is 148 g/mol. The van der Waals surface area contributed by atoms with Crippen molar-refractivity contribution in [2.24, 2.45) is 0 Å². The molecule has 0 aliphatic carbocycles. The fourth-order valence-electron chi connectivity index (χ4n) is 0.203. The van der Waals surface area contributed by atoms with Crippen LogP contribution in [0.15, 0.2) is 0 Å². The topological polar surface area (TPSA) is 57.8 Å². The van der Waals surface area contributed by atoms with Crippen molar-refractivity contribution in [2.45, 2.75) is 13.8 Å². The third-order valence-corrected chi connectivity index (χ3v) is 0.348. The van der Waals surface area contributed by atoms with Crippen LogP contribution >= 0.6 is 0 Å². The molecule has 0 unspecified atom stereocenters. The predicted molar refractivity (Wildman–Crippen MR) is 34.5 cm³/mol. The van der Waals surface area contributed by atoms with Crippen LogP contribution in [0.5, 0.6) is 0 Å². The van der Waals surface area contributed by atoms with Gasteiger partial charge in [0.15, 0.2) is 0 Å². The van der Waals surface area contributed by atoms with Crippen LogP contribution in [-0.2, 0) is 9.53 Å². The molecule has 0 fully saturated rings. The minimum absolute atomic E-state index is 0. The molecule has 3 nitrogen and oxygen atoms in total. The maximum absolute atomic E-state index is 9.82. The number of rotatable bonds is 1. The zero-order valence-corrected chi connectivity index (χ0v) is 4.52. The second kappa shape index (κ2) is 10.6. The Hall–Kier alpha value is 0.690. The van der Waals surface area contributed by atoms with Crippen LogP contribution in [0.2, 0.25) is 0 Å². The van der Waals surface area contributed by atoms with Gasteiger partial charge in [0.25, 0.3) is 0 Å². The van der Waals surface area contributed by atoms with Gasteiger partial charge in [-0.2, -0.15) is 0 Å². The van der Waals surface area contributed by atoms with Gasteiger partial charge < -0.3 is 10.2 Å². The summed E-state index contributed by atoms with van der Waals surface area (Å²) >= 11 is 0. The second-order valence-electron chi connectivity index (χ2n) is 0.925. The fraction of sp³-hybridized carbons (Fsp3) is 0.750. The maximum atomic E-state index is 9.82. The van der Waals surface area contributed by atoms with Gasteiger partial charge >= 0.3 is 43.7 Å². The standard InChI is InChI=1S/C4H8O2.Ca.H2O.2H/c1-3-6-4(2)5;;;;/h3H2,1-2H3;;1H2;;. The molecule has 48 valence electrons. The number of carbonyl (C=O) groups is 1. The summed E-state index contributed by atoms with van der Waals surface area (Å²) in [5, 5.41) is 0. The molecule has 0 spiro atoms. The van der Waals surface area contributed by atoms with E-state index in [4.69, 9.17) is 0 Å². The third-order valence-electron chi connectivity index (χ3n) is 0.348. The van der Waals surface area contributed by atoms with Crippen molar-refractivity contribution in [1.82, 2.24) is 0 Å². The number of hydrogen-bond donors (Lipinski definition) is 0. The Morgan fingerprint density at radius 1 is 1.62 bits per heavy atom. The minimum atomic E-state index is -0.211. The van der Waals surface area contributed by atoms with Crippen LogP contribution in [0.3, 0.4) is 0 Å². The van der Waals surface area contributed by atoms with Crippen molar-refractivity contribution in [3.05, 3.63) is 0 Å². The Kier molecular flexibility index (Phi) is 21.1. The van der Waals surface area contributed by atoms with Crippen LogP contribution in [0, 0.1) is 0 Å². The molecule has 0 aliphatic rings. The summed E-state index contributed by atoms with van der Waals surface area (Å²) in [5.41, 5.74) is 0. The summed E-state index contributed by atoms with van der Waals surface area (Å²) in [7, 11) is 0. The number of esters is 1. The molecule has 0 radical (unpaired) electrons. The molecule has 0 aliphatic heterocycles. The van der Waals surface area contributed by atoms with Gasteiger partial charge in [-0.15, -0.1) is 0 Å². The second-order valence-corrected chi connectivity index (χ2v) is 0.925. The molecular weight excluding hydrogens is 136 g/mol. The van der Waals surface area contributed by atoms with Crippen molar-refractivity contribution in [3.8, 4) is 0 Å². The molecule has 0 aromatic rings. The van der Waals surface area contributed by atoms with Gasteiger partial charge in [0.05, 0.1) is 6.61 Å². The van der Waals surface area contributed by atoms with E-state index in [1.807, 2.05) is 0 Å². The van der Waals surface area contributed by atoms with Crippen LogP contribution < -0.4 is 0 Å². The summed E-state index contributed by atoms with van der Waals surface area (Å²) in [6.45, 7) is 3.65. The molecular formula is C4H12CaO3. The van der Waals surface area contributed by atoms with Gasteiger partial charge in [0.1, 0.15) is 0 Å². The molecule has 8 heavy (non-hydrogen) atoms. The number of hydrogen-bond acceptors (Lipinski definition) is 2. The molecule has 0 bridgehead atoms. The Balaban J connectivity index is -0.000000125. The third kappa shape index (κ3) is 15.9. The quantitative estimate of drug-likeness (QED) is 0.347. The number of carbonyl (C=O) groups excluding carboxylic acids is 1. The molecule has 0 aromatic carbocycles. The van der Waals surface area contributed by atoms with Crippen molar-refractivity contribution >= 4 is 43.7 Å². The first-order valence-corrected chi connectivity index (χ1v) is 1.90. The van der Waals surface area contributed by atoms with Crippen molar-refractivity contribution < 1.29 is 15.0 Å². The molecule has 0 atom stereocenters. The van der Waals surface area contributed by atoms with Gasteiger partial charge in [-0.3, -0.25) is 4.79 Å². The van der Waals surface area contributed by atoms with E-state index in [9.17, 15) is 4.79 Å². The van der Waals surface area contributed by atoms with Gasteiger partial charge in [-0.05, 0) is 6.92 Å². The van der Waals surface area contributed by atoms with Crippen molar-refractivity contribution in [1.29, 1.82) is 0 Å². The van der Waals surface area contributed by atoms with Crippen molar-refractivity contribution in [2.75, 3.05) is 6.61 Å². The van der Waals surface area contributed by atoms with E-state index in [1.165, 1.54) is 6.92 Å². The van der Waals surface area contributed by atoms with E-state index in [2.05, 4.69) is 4.74 Å². The predicted octanol–water partition coefficient (Wildman–Crippen LogP) is -1.17. The van der Waals surface area contributed by atoms with E-state index in [1.54, 1.807) is 6.92 Å². The van der Waals surface area contributed by atoms with Gasteiger partial charge in [-0.25, -0.2) is 0 Å². The Bertz CT molecular complexity index is 55.2. The molecule has 0 rings (SSSR count).